The van der Waals surface area contributed by atoms with Gasteiger partial charge in [0.25, 0.3) is 0 Å². The first-order valence-corrected chi connectivity index (χ1v) is 10.3. The number of fused-ring (bicyclic) bond motifs is 1. The lowest BCUT2D eigenvalue weighted by Gasteiger charge is -2.33. The van der Waals surface area contributed by atoms with Gasteiger partial charge in [0.1, 0.15) is 18.3 Å². The molecular weight excluding hydrogens is 381 g/mol. The summed E-state index contributed by atoms with van der Waals surface area (Å²) in [6.07, 6.45) is 3.90. The van der Waals surface area contributed by atoms with E-state index in [1.807, 2.05) is 6.92 Å². The lowest BCUT2D eigenvalue weighted by atomic mass is 9.75. The Bertz CT molecular complexity index is 1000. The number of ether oxygens (including phenoxy) is 1. The van der Waals surface area contributed by atoms with Gasteiger partial charge in [-0.15, -0.1) is 0 Å². The van der Waals surface area contributed by atoms with Crippen LogP contribution in [0.3, 0.4) is 0 Å². The van der Waals surface area contributed by atoms with Crippen LogP contribution in [-0.2, 0) is 22.4 Å². The molecular formula is C24H28FN3O2. The highest BCUT2D eigenvalue weighted by atomic mass is 19.1. The van der Waals surface area contributed by atoms with Gasteiger partial charge in [0, 0.05) is 28.6 Å². The number of nitrogen functional groups attached to an aromatic ring is 1. The summed E-state index contributed by atoms with van der Waals surface area (Å²) in [6, 6.07) is 6.44. The van der Waals surface area contributed by atoms with Crippen LogP contribution in [-0.4, -0.2) is 23.3 Å². The average molecular weight is 410 g/mol. The number of carbonyl (C=O) groups excluding carboxylic acids is 1. The zero-order chi connectivity index (χ0) is 21.8. The molecule has 2 unspecified atom stereocenters. The van der Waals surface area contributed by atoms with Gasteiger partial charge in [-0.2, -0.15) is 0 Å². The first kappa shape index (κ1) is 21.7. The number of anilines is 1. The fourth-order valence-electron chi connectivity index (χ4n) is 4.17. The van der Waals surface area contributed by atoms with E-state index in [2.05, 4.69) is 18.5 Å². The molecule has 30 heavy (non-hydrogen) atoms. The fraction of sp³-hybridized carbons (Fsp3) is 0.375. The van der Waals surface area contributed by atoms with E-state index >= 15 is 0 Å². The summed E-state index contributed by atoms with van der Waals surface area (Å²) in [4.78, 5) is 22.4. The number of hydrogen-bond donors (Lipinski definition) is 1. The number of nitrogens with two attached hydrogens (primary N) is 1. The Labute approximate surface area is 176 Å². The molecule has 3 rings (SSSR count). The summed E-state index contributed by atoms with van der Waals surface area (Å²) in [5.41, 5.74) is 10.5. The average Bonchev–Trinajstić information content (AvgIpc) is 2.72. The van der Waals surface area contributed by atoms with E-state index in [0.29, 0.717) is 34.8 Å². The first-order chi connectivity index (χ1) is 14.4. The number of aliphatic imine (C=N–C) groups is 1. The zero-order valence-corrected chi connectivity index (χ0v) is 17.7. The number of aromatic nitrogens is 1. The summed E-state index contributed by atoms with van der Waals surface area (Å²) >= 11 is 0. The predicted molar refractivity (Wildman–Crippen MR) is 118 cm³/mol. The van der Waals surface area contributed by atoms with Gasteiger partial charge in [-0.3, -0.25) is 4.79 Å². The Morgan fingerprint density at radius 3 is 2.70 bits per heavy atom. The molecule has 1 aliphatic heterocycles. The van der Waals surface area contributed by atoms with Crippen molar-refractivity contribution < 1.29 is 13.9 Å². The molecule has 0 aliphatic carbocycles. The molecule has 0 saturated heterocycles. The van der Waals surface area contributed by atoms with Crippen LogP contribution in [0.1, 0.15) is 55.5 Å². The predicted octanol–water partition coefficient (Wildman–Crippen LogP) is 4.90. The molecule has 5 nitrogen and oxygen atoms in total. The number of rotatable bonds is 7. The number of pyridine rings is 1. The van der Waals surface area contributed by atoms with Crippen molar-refractivity contribution in [2.24, 2.45) is 10.9 Å². The monoisotopic (exact) mass is 409 g/mol. The molecule has 2 atom stereocenters. The Balaban J connectivity index is 2.29. The van der Waals surface area contributed by atoms with Gasteiger partial charge >= 0.3 is 5.97 Å². The van der Waals surface area contributed by atoms with Crippen LogP contribution >= 0.6 is 0 Å². The highest BCUT2D eigenvalue weighted by Gasteiger charge is 2.42. The maximum absolute atomic E-state index is 14.9. The van der Waals surface area contributed by atoms with E-state index < -0.39 is 23.6 Å². The van der Waals surface area contributed by atoms with Crippen LogP contribution in [0, 0.1) is 11.7 Å². The van der Waals surface area contributed by atoms with E-state index in [1.165, 1.54) is 12.1 Å². The second kappa shape index (κ2) is 9.20. The van der Waals surface area contributed by atoms with Crippen molar-refractivity contribution >= 4 is 23.2 Å². The van der Waals surface area contributed by atoms with Gasteiger partial charge in [0.15, 0.2) is 5.82 Å². The van der Waals surface area contributed by atoms with E-state index in [9.17, 15) is 9.18 Å². The van der Waals surface area contributed by atoms with Crippen molar-refractivity contribution in [3.63, 3.8) is 0 Å². The second-order valence-electron chi connectivity index (χ2n) is 7.44. The third kappa shape index (κ3) is 3.86. The molecule has 0 saturated carbocycles. The minimum Gasteiger partial charge on any atom is -0.461 e. The van der Waals surface area contributed by atoms with E-state index in [4.69, 9.17) is 15.5 Å². The van der Waals surface area contributed by atoms with E-state index in [-0.39, 0.29) is 6.61 Å². The highest BCUT2D eigenvalue weighted by Crippen LogP contribution is 2.47. The molecule has 1 aromatic carbocycles. The van der Waals surface area contributed by atoms with Crippen molar-refractivity contribution in [1.29, 1.82) is 0 Å². The topological polar surface area (TPSA) is 77.6 Å². The molecule has 2 aromatic rings. The number of esters is 1. The molecule has 1 aromatic heterocycles. The first-order valence-electron chi connectivity index (χ1n) is 10.3. The Hall–Kier alpha value is -3.02. The van der Waals surface area contributed by atoms with Crippen LogP contribution in [0.5, 0.6) is 0 Å². The molecule has 158 valence electrons. The number of nitrogens with zero attached hydrogens (tertiary/aromatic N) is 2. The van der Waals surface area contributed by atoms with E-state index in [0.717, 1.165) is 24.1 Å². The Kier molecular flexibility index (Phi) is 6.65. The van der Waals surface area contributed by atoms with Crippen LogP contribution < -0.4 is 5.73 Å². The summed E-state index contributed by atoms with van der Waals surface area (Å²) < 4.78 is 20.3. The van der Waals surface area contributed by atoms with Gasteiger partial charge in [0.2, 0.25) is 0 Å². The second-order valence-corrected chi connectivity index (χ2v) is 7.44. The van der Waals surface area contributed by atoms with Crippen LogP contribution in [0.4, 0.5) is 15.9 Å². The molecule has 0 spiro atoms. The number of hydrogen-bond acceptors (Lipinski definition) is 5. The number of benzene rings is 1. The standard InChI is InChI=1S/C24H28FN3O2/c1-5-10-18-15(7-3)22(26)21-20(16-11-8-9-12-17(16)25)19(24(29)30-13-6-2)14(4)27-23(21)28-18/h6,8-9,11-12,19-20H,2,5,7,10,13H2,1,3-4H3,(H2,26,28). The molecule has 2 N–H and O–H groups in total. The van der Waals surface area contributed by atoms with Crippen molar-refractivity contribution in [1.82, 2.24) is 4.98 Å². The van der Waals surface area contributed by atoms with E-state index in [1.54, 1.807) is 25.1 Å². The van der Waals surface area contributed by atoms with Crippen molar-refractivity contribution in [2.75, 3.05) is 12.3 Å². The summed E-state index contributed by atoms with van der Waals surface area (Å²) in [7, 11) is 0. The maximum Gasteiger partial charge on any atom is 0.315 e. The van der Waals surface area contributed by atoms with Crippen molar-refractivity contribution in [3.05, 3.63) is 65.1 Å². The van der Waals surface area contributed by atoms with Gasteiger partial charge in [-0.1, -0.05) is 51.1 Å². The van der Waals surface area contributed by atoms with Crippen LogP contribution in [0.15, 0.2) is 41.9 Å². The molecule has 0 fully saturated rings. The minimum absolute atomic E-state index is 0.0723. The molecule has 0 radical (unpaired) electrons. The largest absolute Gasteiger partial charge is 0.461 e. The summed E-state index contributed by atoms with van der Waals surface area (Å²) in [5.74, 6) is -1.87. The van der Waals surface area contributed by atoms with Gasteiger partial charge in [0.05, 0.1) is 0 Å². The minimum atomic E-state index is -0.791. The number of carbonyl (C=O) groups is 1. The fourth-order valence-corrected chi connectivity index (χ4v) is 4.17. The molecule has 0 amide bonds. The number of halogens is 1. The lowest BCUT2D eigenvalue weighted by Crippen LogP contribution is -2.35. The van der Waals surface area contributed by atoms with Crippen LogP contribution in [0.2, 0.25) is 0 Å². The van der Waals surface area contributed by atoms with Gasteiger partial charge in [-0.25, -0.2) is 14.4 Å². The van der Waals surface area contributed by atoms with Gasteiger partial charge in [-0.05, 0) is 37.0 Å². The highest BCUT2D eigenvalue weighted by molar-refractivity contribution is 6.05. The molecule has 2 heterocycles. The van der Waals surface area contributed by atoms with Crippen molar-refractivity contribution in [2.45, 2.75) is 46.0 Å². The SMILES string of the molecule is C=CCOC(=O)C1C(C)=Nc2nc(CCC)c(CC)c(N)c2C1c1ccccc1F. The Morgan fingerprint density at radius 1 is 1.33 bits per heavy atom. The normalized spacial score (nSPS) is 17.8. The molecule has 6 heteroatoms. The quantitative estimate of drug-likeness (QED) is 0.521. The smallest absolute Gasteiger partial charge is 0.315 e. The molecule has 0 bridgehead atoms. The molecule has 1 aliphatic rings. The lowest BCUT2D eigenvalue weighted by molar-refractivity contribution is -0.145. The van der Waals surface area contributed by atoms with Crippen molar-refractivity contribution in [3.8, 4) is 0 Å². The summed E-state index contributed by atoms with van der Waals surface area (Å²) in [6.45, 7) is 9.51. The maximum atomic E-state index is 14.9. The third-order valence-electron chi connectivity index (χ3n) is 5.50. The number of aryl methyl sites for hydroxylation is 1. The van der Waals surface area contributed by atoms with Crippen LogP contribution in [0.25, 0.3) is 0 Å². The summed E-state index contributed by atoms with van der Waals surface area (Å²) in [5, 5.41) is 0. The zero-order valence-electron chi connectivity index (χ0n) is 17.7. The van der Waals surface area contributed by atoms with Gasteiger partial charge < -0.3 is 10.5 Å². The Morgan fingerprint density at radius 2 is 2.07 bits per heavy atom. The third-order valence-corrected chi connectivity index (χ3v) is 5.50.